The van der Waals surface area contributed by atoms with Crippen molar-refractivity contribution in [3.8, 4) is 28.0 Å². The lowest BCUT2D eigenvalue weighted by atomic mass is 9.93. The van der Waals surface area contributed by atoms with Crippen molar-refractivity contribution in [2.45, 2.75) is 20.8 Å². The van der Waals surface area contributed by atoms with Crippen molar-refractivity contribution in [3.63, 3.8) is 0 Å². The molecule has 1 N–H and O–H groups in total. The van der Waals surface area contributed by atoms with E-state index in [1.807, 2.05) is 30.3 Å². The number of rotatable bonds is 2. The number of phenols is 1. The molecule has 0 aromatic heterocycles. The first-order valence-electron chi connectivity index (χ1n) is 9.52. The summed E-state index contributed by atoms with van der Waals surface area (Å²) in [5.74, 6) is 0.299. The smallest absolute Gasteiger partial charge is 0.116 e. The number of phenolic OH excluding ortho intramolecular Hbond substituents is 1. The van der Waals surface area contributed by atoms with E-state index in [9.17, 15) is 5.11 Å². The third-order valence-electron chi connectivity index (χ3n) is 4.78. The van der Waals surface area contributed by atoms with Crippen LogP contribution in [-0.4, -0.2) is 5.11 Å². The Hall–Kier alpha value is -3.32. The maximum Gasteiger partial charge on any atom is 0.116 e. The zero-order valence-electron chi connectivity index (χ0n) is 16.7. The Morgan fingerprint density at radius 2 is 1.14 bits per heavy atom. The summed E-state index contributed by atoms with van der Waals surface area (Å²) in [6.07, 6.45) is 0. The second-order valence-electron chi connectivity index (χ2n) is 7.05. The first kappa shape index (κ1) is 19.4. The fourth-order valence-corrected chi connectivity index (χ4v) is 3.24. The van der Waals surface area contributed by atoms with Gasteiger partial charge in [-0.1, -0.05) is 90.5 Å². The normalized spacial score (nSPS) is 10.1. The molecule has 0 saturated carbocycles. The summed E-state index contributed by atoms with van der Waals surface area (Å²) in [7, 11) is 0. The van der Waals surface area contributed by atoms with Crippen LogP contribution < -0.4 is 0 Å². The Balaban J connectivity index is 0.000000271. The highest BCUT2D eigenvalue weighted by Gasteiger charge is 2.06. The highest BCUT2D eigenvalue weighted by atomic mass is 16.3. The molecule has 0 atom stereocenters. The zero-order valence-corrected chi connectivity index (χ0v) is 16.7. The van der Waals surface area contributed by atoms with Crippen molar-refractivity contribution in [2.24, 2.45) is 0 Å². The van der Waals surface area contributed by atoms with Gasteiger partial charge in [0, 0.05) is 0 Å². The van der Waals surface area contributed by atoms with Gasteiger partial charge in [0.1, 0.15) is 5.75 Å². The lowest BCUT2D eigenvalue weighted by Crippen LogP contribution is -1.88. The molecule has 4 aromatic carbocycles. The van der Waals surface area contributed by atoms with Crippen LogP contribution in [0, 0.1) is 20.8 Å². The van der Waals surface area contributed by atoms with Crippen molar-refractivity contribution in [2.75, 3.05) is 0 Å². The highest BCUT2D eigenvalue weighted by Crippen LogP contribution is 2.31. The summed E-state index contributed by atoms with van der Waals surface area (Å²) in [5.41, 5.74) is 8.54. The largest absolute Gasteiger partial charge is 0.508 e. The predicted octanol–water partition coefficient (Wildman–Crippen LogP) is 7.34. The molecule has 4 rings (SSSR count). The first-order valence-corrected chi connectivity index (χ1v) is 9.52. The Kier molecular flexibility index (Phi) is 6.29. The van der Waals surface area contributed by atoms with Crippen LogP contribution in [0.4, 0.5) is 0 Å². The Bertz CT molecular complexity index is 1050. The molecule has 0 aliphatic heterocycles. The summed E-state index contributed by atoms with van der Waals surface area (Å²) >= 11 is 0. The van der Waals surface area contributed by atoms with Crippen LogP contribution in [0.5, 0.6) is 5.75 Å². The van der Waals surface area contributed by atoms with Gasteiger partial charge >= 0.3 is 0 Å². The van der Waals surface area contributed by atoms with Crippen LogP contribution in [0.25, 0.3) is 22.3 Å². The summed E-state index contributed by atoms with van der Waals surface area (Å²) in [5, 5.41) is 9.61. The monoisotopic (exact) mass is 366 g/mol. The molecular weight excluding hydrogens is 340 g/mol. The maximum atomic E-state index is 9.61. The number of hydrogen-bond donors (Lipinski definition) is 1. The Morgan fingerprint density at radius 1 is 0.500 bits per heavy atom. The minimum Gasteiger partial charge on any atom is -0.508 e. The summed E-state index contributed by atoms with van der Waals surface area (Å²) in [6.45, 7) is 6.35. The second kappa shape index (κ2) is 9.05. The van der Waals surface area contributed by atoms with Crippen molar-refractivity contribution >= 4 is 0 Å². The molecule has 0 aliphatic rings. The topological polar surface area (TPSA) is 20.2 Å². The Labute approximate surface area is 167 Å². The summed E-state index contributed by atoms with van der Waals surface area (Å²) in [4.78, 5) is 0. The lowest BCUT2D eigenvalue weighted by molar-refractivity contribution is 0.475. The standard InChI is InChI=1S/C20H18O.C7H8/c1-14-6-3-4-9-19(14)20-11-10-17(12-15(20)2)16-7-5-8-18(21)13-16;1-7-5-3-2-4-6-7/h3-13,21H,1-2H3;2-6H,1H3. The van der Waals surface area contributed by atoms with Gasteiger partial charge in [-0.05, 0) is 66.3 Å². The van der Waals surface area contributed by atoms with Crippen LogP contribution >= 0.6 is 0 Å². The lowest BCUT2D eigenvalue weighted by Gasteiger charge is -2.11. The molecular formula is C27H26O. The molecule has 0 saturated heterocycles. The maximum absolute atomic E-state index is 9.61. The molecule has 0 aliphatic carbocycles. The van der Waals surface area contributed by atoms with E-state index in [4.69, 9.17) is 0 Å². The average molecular weight is 367 g/mol. The predicted molar refractivity (Wildman–Crippen MR) is 120 cm³/mol. The fourth-order valence-electron chi connectivity index (χ4n) is 3.24. The van der Waals surface area contributed by atoms with E-state index in [0.29, 0.717) is 5.75 Å². The number of aryl methyl sites for hydroxylation is 3. The van der Waals surface area contributed by atoms with Crippen LogP contribution in [0.15, 0.2) is 97.1 Å². The molecule has 0 fully saturated rings. The van der Waals surface area contributed by atoms with E-state index >= 15 is 0 Å². The third kappa shape index (κ3) is 4.89. The van der Waals surface area contributed by atoms with Gasteiger partial charge in [0.2, 0.25) is 0 Å². The van der Waals surface area contributed by atoms with Gasteiger partial charge in [-0.2, -0.15) is 0 Å². The van der Waals surface area contributed by atoms with E-state index in [2.05, 4.69) is 75.4 Å². The summed E-state index contributed by atoms with van der Waals surface area (Å²) in [6, 6.07) is 32.5. The quantitative estimate of drug-likeness (QED) is 0.393. The molecule has 0 heterocycles. The van der Waals surface area contributed by atoms with E-state index in [-0.39, 0.29) is 0 Å². The summed E-state index contributed by atoms with van der Waals surface area (Å²) < 4.78 is 0. The molecule has 0 unspecified atom stereocenters. The van der Waals surface area contributed by atoms with Crippen molar-refractivity contribution in [3.05, 3.63) is 114 Å². The Morgan fingerprint density at radius 3 is 1.75 bits per heavy atom. The van der Waals surface area contributed by atoms with Gasteiger partial charge in [-0.15, -0.1) is 0 Å². The van der Waals surface area contributed by atoms with Crippen molar-refractivity contribution in [1.82, 2.24) is 0 Å². The van der Waals surface area contributed by atoms with Gasteiger partial charge < -0.3 is 5.11 Å². The molecule has 0 bridgehead atoms. The first-order chi connectivity index (χ1) is 13.5. The van der Waals surface area contributed by atoms with Crippen molar-refractivity contribution in [1.29, 1.82) is 0 Å². The molecule has 1 heteroatoms. The van der Waals surface area contributed by atoms with Crippen LogP contribution in [0.3, 0.4) is 0 Å². The van der Waals surface area contributed by atoms with Crippen molar-refractivity contribution < 1.29 is 5.11 Å². The van der Waals surface area contributed by atoms with Gasteiger partial charge in [0.05, 0.1) is 0 Å². The molecule has 0 spiro atoms. The van der Waals surface area contributed by atoms with Gasteiger partial charge in [0.15, 0.2) is 0 Å². The van der Waals surface area contributed by atoms with Gasteiger partial charge in [-0.25, -0.2) is 0 Å². The molecule has 0 amide bonds. The van der Waals surface area contributed by atoms with E-state index in [0.717, 1.165) is 11.1 Å². The second-order valence-corrected chi connectivity index (χ2v) is 7.05. The molecule has 4 aromatic rings. The zero-order chi connectivity index (χ0) is 19.9. The number of hydrogen-bond acceptors (Lipinski definition) is 1. The molecule has 0 radical (unpaired) electrons. The van der Waals surface area contributed by atoms with E-state index in [1.165, 1.54) is 27.8 Å². The minimum absolute atomic E-state index is 0.299. The number of benzene rings is 4. The van der Waals surface area contributed by atoms with Crippen LogP contribution in [-0.2, 0) is 0 Å². The molecule has 1 nitrogen and oxygen atoms in total. The number of aromatic hydroxyl groups is 1. The third-order valence-corrected chi connectivity index (χ3v) is 4.78. The molecule has 140 valence electrons. The minimum atomic E-state index is 0.299. The van der Waals surface area contributed by atoms with Gasteiger partial charge in [0.25, 0.3) is 0 Å². The van der Waals surface area contributed by atoms with E-state index in [1.54, 1.807) is 12.1 Å². The average Bonchev–Trinajstić information content (AvgIpc) is 2.70. The molecule has 28 heavy (non-hydrogen) atoms. The van der Waals surface area contributed by atoms with E-state index < -0.39 is 0 Å². The van der Waals surface area contributed by atoms with Gasteiger partial charge in [-0.3, -0.25) is 0 Å². The SMILES string of the molecule is Cc1ccccc1.Cc1ccccc1-c1ccc(-c2cccc(O)c2)cc1C. The van der Waals surface area contributed by atoms with Crippen LogP contribution in [0.2, 0.25) is 0 Å². The van der Waals surface area contributed by atoms with Crippen LogP contribution in [0.1, 0.15) is 16.7 Å². The highest BCUT2D eigenvalue weighted by molar-refractivity contribution is 5.75. The fraction of sp³-hybridized carbons (Fsp3) is 0.111.